The van der Waals surface area contributed by atoms with Crippen molar-refractivity contribution >= 4 is 0 Å². The van der Waals surface area contributed by atoms with Crippen LogP contribution in [0.5, 0.6) is 0 Å². The van der Waals surface area contributed by atoms with Gasteiger partial charge in [-0.3, -0.25) is 0 Å². The van der Waals surface area contributed by atoms with Gasteiger partial charge in [-0.2, -0.15) is 0 Å². The van der Waals surface area contributed by atoms with Crippen LogP contribution in [0.2, 0.25) is 0 Å². The van der Waals surface area contributed by atoms with Crippen molar-refractivity contribution in [3.8, 4) is 0 Å². The molecule has 6 heavy (non-hydrogen) atoms. The molecule has 0 aliphatic carbocycles. The summed E-state index contributed by atoms with van der Waals surface area (Å²) in [4.78, 5) is 0. The molecule has 0 aromatic heterocycles. The molecule has 0 radical (unpaired) electrons. The van der Waals surface area contributed by atoms with E-state index < -0.39 is 13.4 Å². The molecule has 0 fully saturated rings. The third-order valence-electron chi connectivity index (χ3n) is 0. The Labute approximate surface area is 49.2 Å². The Balaban J connectivity index is 0. The minimum Gasteiger partial charge on any atom is 2.00 e. The molecule has 0 rings (SSSR count). The van der Waals surface area contributed by atoms with E-state index in [4.69, 9.17) is 16.0 Å². The van der Waals surface area contributed by atoms with Crippen LogP contribution in [0.3, 0.4) is 0 Å². The van der Waals surface area contributed by atoms with Crippen molar-refractivity contribution in [2.45, 2.75) is 0 Å². The fourth-order valence-corrected chi connectivity index (χ4v) is 0. The van der Waals surface area contributed by atoms with Gasteiger partial charge in [-0.15, -0.1) is 0 Å². The second-order valence-corrected chi connectivity index (χ2v) is 1.56. The van der Waals surface area contributed by atoms with Crippen molar-refractivity contribution in [3.63, 3.8) is 0 Å². The molecule has 0 aliphatic rings. The number of hydrogen-bond donors (Lipinski definition) is 0. The SMILES string of the molecule is [O]=[Mn](=[O])([O-])[O-].[Zn+2]. The van der Waals surface area contributed by atoms with Gasteiger partial charge >= 0.3 is 48.9 Å². The molecule has 0 amide bonds. The first-order chi connectivity index (χ1) is 2.00. The molecule has 0 aliphatic heterocycles. The predicted octanol–water partition coefficient (Wildman–Crippen LogP) is -2.62. The van der Waals surface area contributed by atoms with Crippen LogP contribution in [0.25, 0.3) is 0 Å². The molecule has 0 saturated heterocycles. The quantitative estimate of drug-likeness (QED) is 0.386. The second kappa shape index (κ2) is 2.77. The fourth-order valence-electron chi connectivity index (χ4n) is 0. The zero-order valence-corrected chi connectivity index (χ0v) is 6.87. The van der Waals surface area contributed by atoms with Crippen molar-refractivity contribution in [2.75, 3.05) is 0 Å². The summed E-state index contributed by atoms with van der Waals surface area (Å²) in [6.45, 7) is 0. The number of hydrogen-bond acceptors (Lipinski definition) is 4. The summed E-state index contributed by atoms with van der Waals surface area (Å²) in [5, 5.41) is 0. The molecule has 0 aromatic rings. The maximum absolute atomic E-state index is 8.58. The normalized spacial score (nSPS) is 9.67. The average molecular weight is 184 g/mol. The van der Waals surface area contributed by atoms with E-state index in [9.17, 15) is 0 Å². The van der Waals surface area contributed by atoms with Gasteiger partial charge in [-0.1, -0.05) is 0 Å². The largest absolute Gasteiger partial charge is 2.00 e. The van der Waals surface area contributed by atoms with Crippen LogP contribution in [-0.4, -0.2) is 0 Å². The smallest absolute Gasteiger partial charge is 2.00 e. The van der Waals surface area contributed by atoms with Crippen LogP contribution in [0.4, 0.5) is 0 Å². The summed E-state index contributed by atoms with van der Waals surface area (Å²) in [5.41, 5.74) is 0. The first kappa shape index (κ1) is 9.83. The summed E-state index contributed by atoms with van der Waals surface area (Å²) < 4.78 is 34.3. The van der Waals surface area contributed by atoms with E-state index in [1.807, 2.05) is 0 Å². The minimum atomic E-state index is -5.62. The van der Waals surface area contributed by atoms with Crippen molar-refractivity contribution in [1.82, 2.24) is 0 Å². The van der Waals surface area contributed by atoms with E-state index in [1.54, 1.807) is 0 Å². The van der Waals surface area contributed by atoms with Crippen molar-refractivity contribution < 1.29 is 48.9 Å². The van der Waals surface area contributed by atoms with Crippen molar-refractivity contribution in [2.24, 2.45) is 0 Å². The Morgan fingerprint density at radius 1 is 1.17 bits per heavy atom. The Morgan fingerprint density at radius 3 is 1.17 bits per heavy atom. The Morgan fingerprint density at radius 2 is 1.17 bits per heavy atom. The summed E-state index contributed by atoms with van der Waals surface area (Å²) in [6, 6.07) is 0. The fraction of sp³-hybridized carbons (Fsp3) is 0. The summed E-state index contributed by atoms with van der Waals surface area (Å²) >= 11 is -5.62. The Bertz CT molecular complexity index is 90.7. The van der Waals surface area contributed by atoms with Gasteiger partial charge in [-0.05, 0) is 0 Å². The summed E-state index contributed by atoms with van der Waals surface area (Å²) in [5.74, 6) is 0. The van der Waals surface area contributed by atoms with E-state index in [2.05, 4.69) is 0 Å². The second-order valence-electron chi connectivity index (χ2n) is 0.378. The predicted molar refractivity (Wildman–Crippen MR) is 1.37 cm³/mol. The van der Waals surface area contributed by atoms with Crippen LogP contribution in [0.1, 0.15) is 0 Å². The van der Waals surface area contributed by atoms with Gasteiger partial charge in [0.15, 0.2) is 0 Å². The number of rotatable bonds is 0. The van der Waals surface area contributed by atoms with E-state index in [1.165, 1.54) is 0 Å². The summed E-state index contributed by atoms with van der Waals surface area (Å²) in [7, 11) is 0. The average Bonchev–Trinajstić information content (AvgIpc) is 0.722. The molecule has 0 N–H and O–H groups in total. The van der Waals surface area contributed by atoms with Gasteiger partial charge in [0, 0.05) is 0 Å². The van der Waals surface area contributed by atoms with Crippen LogP contribution in [0, 0.1) is 0 Å². The molecule has 0 aromatic carbocycles. The Hall–Kier alpha value is 0.663. The molecule has 0 atom stereocenters. The van der Waals surface area contributed by atoms with Gasteiger partial charge in [0.2, 0.25) is 0 Å². The molecule has 0 saturated carbocycles. The first-order valence-corrected chi connectivity index (χ1v) is 2.54. The van der Waals surface area contributed by atoms with Crippen molar-refractivity contribution in [3.05, 3.63) is 0 Å². The topological polar surface area (TPSA) is 80.3 Å². The van der Waals surface area contributed by atoms with E-state index in [-0.39, 0.29) is 19.5 Å². The molecule has 0 heterocycles. The molecular weight excluding hydrogens is 184 g/mol. The third kappa shape index (κ3) is 142. The maximum Gasteiger partial charge on any atom is 2.00 e. The molecule has 0 bridgehead atoms. The Kier molecular flexibility index (Phi) is 4.54. The van der Waals surface area contributed by atoms with E-state index in [0.29, 0.717) is 0 Å². The molecule has 0 spiro atoms. The standard InChI is InChI=1S/Mn.4O.Zn/q;;;2*-1;+2. The molecule has 0 unspecified atom stereocenters. The van der Waals surface area contributed by atoms with Gasteiger partial charge < -0.3 is 0 Å². The van der Waals surface area contributed by atoms with Gasteiger partial charge in [-0.25, -0.2) is 0 Å². The van der Waals surface area contributed by atoms with Crippen LogP contribution in [-0.2, 0) is 40.5 Å². The minimum absolute atomic E-state index is 0. The van der Waals surface area contributed by atoms with Crippen LogP contribution >= 0.6 is 0 Å². The zero-order chi connectivity index (χ0) is 4.50. The monoisotopic (exact) mass is 183 g/mol. The zero-order valence-electron chi connectivity index (χ0n) is 2.72. The molecular formula is MnO4Zn. The van der Waals surface area contributed by atoms with Gasteiger partial charge in [0.25, 0.3) is 0 Å². The van der Waals surface area contributed by atoms with Gasteiger partial charge in [0.1, 0.15) is 0 Å². The van der Waals surface area contributed by atoms with E-state index in [0.717, 1.165) is 0 Å². The molecule has 4 nitrogen and oxygen atoms in total. The molecule has 6 heteroatoms. The van der Waals surface area contributed by atoms with Crippen molar-refractivity contribution in [1.29, 1.82) is 0 Å². The first-order valence-electron chi connectivity index (χ1n) is 0.617. The van der Waals surface area contributed by atoms with Crippen LogP contribution in [0.15, 0.2) is 0 Å². The van der Waals surface area contributed by atoms with Gasteiger partial charge in [0.05, 0.1) is 0 Å². The molecule has 33 valence electrons. The maximum atomic E-state index is 8.58. The summed E-state index contributed by atoms with van der Waals surface area (Å²) in [6.07, 6.45) is 0. The van der Waals surface area contributed by atoms with Crippen LogP contribution < -0.4 is 8.38 Å². The van der Waals surface area contributed by atoms with E-state index >= 15 is 0 Å². The third-order valence-corrected chi connectivity index (χ3v) is 0.